The van der Waals surface area contributed by atoms with Gasteiger partial charge in [0.1, 0.15) is 5.82 Å². The van der Waals surface area contributed by atoms with Crippen LogP contribution in [0.15, 0.2) is 12.3 Å². The Hall–Kier alpha value is -1.05. The van der Waals surface area contributed by atoms with Crippen molar-refractivity contribution in [2.45, 2.75) is 26.8 Å². The molecule has 1 radical (unpaired) electrons. The first-order chi connectivity index (χ1) is 5.18. The molecule has 0 aliphatic heterocycles. The van der Waals surface area contributed by atoms with E-state index in [1.807, 2.05) is 13.0 Å². The lowest BCUT2D eigenvalue weighted by Crippen LogP contribution is -2.10. The van der Waals surface area contributed by atoms with Crippen molar-refractivity contribution < 1.29 is 0 Å². The van der Waals surface area contributed by atoms with Gasteiger partial charge in [0.05, 0.1) is 0 Å². The highest BCUT2D eigenvalue weighted by molar-refractivity contribution is 5.35. The Balaban J connectivity index is 2.71. The third kappa shape index (κ3) is 2.58. The average molecular weight is 149 g/mol. The van der Waals surface area contributed by atoms with E-state index in [0.717, 1.165) is 11.4 Å². The van der Waals surface area contributed by atoms with Crippen molar-refractivity contribution in [2.24, 2.45) is 0 Å². The van der Waals surface area contributed by atoms with Crippen molar-refractivity contribution in [1.82, 2.24) is 4.98 Å². The van der Waals surface area contributed by atoms with Crippen molar-refractivity contribution in [1.29, 1.82) is 0 Å². The van der Waals surface area contributed by atoms with Gasteiger partial charge in [-0.1, -0.05) is 0 Å². The number of aromatic nitrogens is 1. The third-order valence-electron chi connectivity index (χ3n) is 1.27. The van der Waals surface area contributed by atoms with Gasteiger partial charge in [-0.15, -0.1) is 0 Å². The highest BCUT2D eigenvalue weighted by Gasteiger charge is 1.95. The number of nitrogens with zero attached hydrogens (tertiary/aromatic N) is 1. The van der Waals surface area contributed by atoms with Gasteiger partial charge in [-0.05, 0) is 32.4 Å². The second-order valence-electron chi connectivity index (χ2n) is 2.90. The molecule has 1 rings (SSSR count). The monoisotopic (exact) mass is 149 g/mol. The minimum Gasteiger partial charge on any atom is -0.367 e. The fourth-order valence-electron chi connectivity index (χ4n) is 0.831. The summed E-state index contributed by atoms with van der Waals surface area (Å²) in [5.74, 6) is 0.833. The molecule has 1 aromatic rings. The van der Waals surface area contributed by atoms with Gasteiger partial charge >= 0.3 is 0 Å². The summed E-state index contributed by atoms with van der Waals surface area (Å²) in [5, 5.41) is 3.18. The van der Waals surface area contributed by atoms with E-state index >= 15 is 0 Å². The summed E-state index contributed by atoms with van der Waals surface area (Å²) in [6.07, 6.45) is 1.79. The van der Waals surface area contributed by atoms with Crippen LogP contribution in [0.4, 0.5) is 5.82 Å². The number of pyridine rings is 1. The summed E-state index contributed by atoms with van der Waals surface area (Å²) in [4.78, 5) is 4.11. The number of nitrogens with one attached hydrogen (secondary N) is 1. The molecule has 2 nitrogen and oxygen atoms in total. The zero-order valence-corrected chi connectivity index (χ0v) is 7.18. The quantitative estimate of drug-likeness (QED) is 0.695. The normalized spacial score (nSPS) is 10.2. The van der Waals surface area contributed by atoms with Gasteiger partial charge in [0.2, 0.25) is 0 Å². The maximum Gasteiger partial charge on any atom is 0.134 e. The fraction of sp³-hybridized carbons (Fsp3) is 0.444. The lowest BCUT2D eigenvalue weighted by atomic mass is 10.3. The van der Waals surface area contributed by atoms with Crippen LogP contribution in [-0.2, 0) is 0 Å². The minimum absolute atomic E-state index is 0.417. The van der Waals surface area contributed by atoms with Crippen molar-refractivity contribution >= 4 is 5.82 Å². The van der Waals surface area contributed by atoms with Crippen molar-refractivity contribution in [3.05, 3.63) is 23.9 Å². The molecule has 0 fully saturated rings. The topological polar surface area (TPSA) is 24.9 Å². The molecule has 0 aliphatic carbocycles. The molecule has 0 bridgehead atoms. The molecule has 0 amide bonds. The van der Waals surface area contributed by atoms with Crippen LogP contribution in [0.2, 0.25) is 0 Å². The van der Waals surface area contributed by atoms with Gasteiger partial charge in [0.25, 0.3) is 0 Å². The van der Waals surface area contributed by atoms with Crippen LogP contribution in [-0.4, -0.2) is 11.0 Å². The standard InChI is InChI=1S/C9H13N2/c1-7(2)11-9-6-8(3)4-5-10-9/h4-5,7H,1-3H3,(H,10,11). The maximum atomic E-state index is 4.11. The Morgan fingerprint density at radius 3 is 2.82 bits per heavy atom. The Labute approximate surface area is 67.7 Å². The first-order valence-electron chi connectivity index (χ1n) is 3.80. The number of rotatable bonds is 2. The Bertz CT molecular complexity index is 231. The molecule has 11 heavy (non-hydrogen) atoms. The molecule has 1 heterocycles. The highest BCUT2D eigenvalue weighted by atomic mass is 15.0. The molecule has 1 aromatic heterocycles. The van der Waals surface area contributed by atoms with Crippen LogP contribution in [0.5, 0.6) is 0 Å². The lowest BCUT2D eigenvalue weighted by molar-refractivity contribution is 0.888. The predicted octanol–water partition coefficient (Wildman–Crippen LogP) is 2.01. The van der Waals surface area contributed by atoms with Gasteiger partial charge < -0.3 is 5.32 Å². The fourth-order valence-corrected chi connectivity index (χ4v) is 0.831. The largest absolute Gasteiger partial charge is 0.367 e. The van der Waals surface area contributed by atoms with E-state index in [1.54, 1.807) is 6.20 Å². The van der Waals surface area contributed by atoms with E-state index in [-0.39, 0.29) is 0 Å². The molecule has 0 unspecified atom stereocenters. The summed E-state index contributed by atoms with van der Waals surface area (Å²) < 4.78 is 0. The van der Waals surface area contributed by atoms with E-state index in [2.05, 4.69) is 30.2 Å². The molecule has 0 aromatic carbocycles. The Kier molecular flexibility index (Phi) is 2.47. The molecule has 0 spiro atoms. The molecule has 0 saturated carbocycles. The van der Waals surface area contributed by atoms with Gasteiger partial charge in [-0.25, -0.2) is 4.98 Å². The zero-order chi connectivity index (χ0) is 8.27. The molecule has 1 N–H and O–H groups in total. The van der Waals surface area contributed by atoms with Crippen LogP contribution in [0.1, 0.15) is 19.4 Å². The number of anilines is 1. The van der Waals surface area contributed by atoms with Gasteiger partial charge in [-0.3, -0.25) is 0 Å². The molecule has 2 heteroatoms. The van der Waals surface area contributed by atoms with Gasteiger partial charge in [-0.2, -0.15) is 0 Å². The van der Waals surface area contributed by atoms with E-state index in [0.29, 0.717) is 6.04 Å². The lowest BCUT2D eigenvalue weighted by Gasteiger charge is -2.07. The minimum atomic E-state index is 0.417. The van der Waals surface area contributed by atoms with Crippen molar-refractivity contribution in [3.63, 3.8) is 0 Å². The molecule has 0 saturated heterocycles. The second-order valence-corrected chi connectivity index (χ2v) is 2.90. The first-order valence-corrected chi connectivity index (χ1v) is 3.80. The summed E-state index contributed by atoms with van der Waals surface area (Å²) in [6, 6.07) is 5.47. The molecule has 0 aliphatic rings. The van der Waals surface area contributed by atoms with Crippen LogP contribution in [0.25, 0.3) is 0 Å². The van der Waals surface area contributed by atoms with E-state index in [4.69, 9.17) is 0 Å². The third-order valence-corrected chi connectivity index (χ3v) is 1.27. The summed E-state index contributed by atoms with van der Waals surface area (Å²) in [7, 11) is 0. The van der Waals surface area contributed by atoms with E-state index in [9.17, 15) is 0 Å². The van der Waals surface area contributed by atoms with Crippen molar-refractivity contribution in [3.8, 4) is 0 Å². The predicted molar refractivity (Wildman–Crippen MR) is 46.6 cm³/mol. The average Bonchev–Trinajstić information content (AvgIpc) is 1.85. The van der Waals surface area contributed by atoms with Crippen LogP contribution < -0.4 is 5.32 Å². The highest BCUT2D eigenvalue weighted by Crippen LogP contribution is 2.04. The van der Waals surface area contributed by atoms with Crippen LogP contribution in [0, 0.1) is 13.0 Å². The van der Waals surface area contributed by atoms with Crippen LogP contribution in [0.3, 0.4) is 0 Å². The molecule has 59 valence electrons. The summed E-state index contributed by atoms with van der Waals surface area (Å²) in [6.45, 7) is 6.17. The van der Waals surface area contributed by atoms with Crippen LogP contribution >= 0.6 is 0 Å². The summed E-state index contributed by atoms with van der Waals surface area (Å²) in [5.41, 5.74) is 1.11. The van der Waals surface area contributed by atoms with E-state index in [1.165, 1.54) is 0 Å². The Morgan fingerprint density at radius 2 is 2.27 bits per heavy atom. The maximum absolute atomic E-state index is 4.11. The van der Waals surface area contributed by atoms with Gasteiger partial charge in [0.15, 0.2) is 0 Å². The number of hydrogen-bond acceptors (Lipinski definition) is 2. The molecule has 0 atom stereocenters. The Morgan fingerprint density at radius 1 is 1.55 bits per heavy atom. The smallest absolute Gasteiger partial charge is 0.134 e. The summed E-state index contributed by atoms with van der Waals surface area (Å²) >= 11 is 0. The SMILES string of the molecule is Cc1[c]c(NC(C)C)ncc1. The van der Waals surface area contributed by atoms with Crippen molar-refractivity contribution in [2.75, 3.05) is 5.32 Å². The molecular formula is C9H13N2. The molecular weight excluding hydrogens is 136 g/mol. The number of aryl methyl sites for hydroxylation is 1. The first kappa shape index (κ1) is 8.05. The second kappa shape index (κ2) is 3.37. The van der Waals surface area contributed by atoms with Gasteiger partial charge in [0, 0.05) is 18.3 Å². The number of hydrogen-bond donors (Lipinski definition) is 1. The zero-order valence-electron chi connectivity index (χ0n) is 7.18. The van der Waals surface area contributed by atoms with E-state index < -0.39 is 0 Å².